The summed E-state index contributed by atoms with van der Waals surface area (Å²) in [4.78, 5) is 28.0. The predicted molar refractivity (Wildman–Crippen MR) is 114 cm³/mol. The second kappa shape index (κ2) is 6.66. The number of aliphatic hydroxyl groups is 1. The number of hydrogen-bond donors (Lipinski definition) is 5. The average Bonchev–Trinajstić information content (AvgIpc) is 2.74. The zero-order chi connectivity index (χ0) is 20.8. The van der Waals surface area contributed by atoms with Crippen LogP contribution in [0.4, 0.5) is 5.82 Å². The fourth-order valence-electron chi connectivity index (χ4n) is 3.84. The van der Waals surface area contributed by atoms with Crippen molar-refractivity contribution in [2.75, 3.05) is 5.32 Å². The van der Waals surface area contributed by atoms with Crippen molar-refractivity contribution in [3.8, 4) is 16.9 Å². The first-order chi connectivity index (χ1) is 14.5. The molecule has 5 N–H and O–H groups in total. The molecule has 2 aliphatic heterocycles. The molecule has 1 unspecified atom stereocenters. The van der Waals surface area contributed by atoms with Gasteiger partial charge in [0.2, 0.25) is 0 Å². The minimum atomic E-state index is -0.741. The zero-order valence-corrected chi connectivity index (χ0v) is 15.6. The summed E-state index contributed by atoms with van der Waals surface area (Å²) in [5.41, 5.74) is 1.69. The molecule has 30 heavy (non-hydrogen) atoms. The van der Waals surface area contributed by atoms with E-state index in [0.717, 1.165) is 0 Å². The number of H-pyrrole nitrogens is 1. The highest BCUT2D eigenvalue weighted by Crippen LogP contribution is 2.40. The highest BCUT2D eigenvalue weighted by Gasteiger charge is 2.36. The van der Waals surface area contributed by atoms with Gasteiger partial charge < -0.3 is 25.8 Å². The maximum Gasteiger partial charge on any atom is 0.261 e. The number of carbonyl (C=O) groups is 1. The summed E-state index contributed by atoms with van der Waals surface area (Å²) in [6.45, 7) is 0. The summed E-state index contributed by atoms with van der Waals surface area (Å²) >= 11 is 0. The molecule has 5 rings (SSSR count). The summed E-state index contributed by atoms with van der Waals surface area (Å²) in [5.74, 6) is -0.559. The fourth-order valence-corrected chi connectivity index (χ4v) is 3.84. The second-order valence-electron chi connectivity index (χ2n) is 7.07. The van der Waals surface area contributed by atoms with Gasteiger partial charge in [0.1, 0.15) is 23.5 Å². The summed E-state index contributed by atoms with van der Waals surface area (Å²) in [6.07, 6.45) is 0.835. The molecule has 1 atom stereocenters. The van der Waals surface area contributed by atoms with Crippen LogP contribution in [-0.4, -0.2) is 27.3 Å². The smallest absolute Gasteiger partial charge is 0.261 e. The van der Waals surface area contributed by atoms with Gasteiger partial charge in [-0.25, -0.2) is 0 Å². The van der Waals surface area contributed by atoms with Gasteiger partial charge in [-0.3, -0.25) is 9.59 Å². The minimum Gasteiger partial charge on any atom is -0.507 e. The number of fused-ring (bicyclic) bond motifs is 2. The van der Waals surface area contributed by atoms with Crippen LogP contribution in [0, 0.1) is 0 Å². The lowest BCUT2D eigenvalue weighted by atomic mass is 9.91. The van der Waals surface area contributed by atoms with E-state index in [0.29, 0.717) is 22.3 Å². The van der Waals surface area contributed by atoms with Gasteiger partial charge in [0, 0.05) is 5.57 Å². The Morgan fingerprint density at radius 2 is 1.43 bits per heavy atom. The van der Waals surface area contributed by atoms with Crippen molar-refractivity contribution in [2.24, 2.45) is 0 Å². The van der Waals surface area contributed by atoms with Crippen LogP contribution in [-0.2, 0) is 4.79 Å². The van der Waals surface area contributed by atoms with Gasteiger partial charge in [-0.1, -0.05) is 60.7 Å². The lowest BCUT2D eigenvalue weighted by Gasteiger charge is -2.33. The Bertz CT molecular complexity index is 1290. The van der Waals surface area contributed by atoms with Crippen LogP contribution in [0.2, 0.25) is 0 Å². The van der Waals surface area contributed by atoms with E-state index in [1.54, 1.807) is 54.6 Å². The molecule has 3 aromatic rings. The molecule has 2 aliphatic rings. The van der Waals surface area contributed by atoms with Crippen molar-refractivity contribution in [3.63, 3.8) is 0 Å². The Kier molecular flexibility index (Phi) is 3.96. The summed E-state index contributed by atoms with van der Waals surface area (Å²) < 4.78 is 0. The van der Waals surface area contributed by atoms with Crippen LogP contribution in [0.1, 0.15) is 11.1 Å². The third-order valence-electron chi connectivity index (χ3n) is 5.26. The van der Waals surface area contributed by atoms with Crippen molar-refractivity contribution in [1.29, 1.82) is 0 Å². The first kappa shape index (κ1) is 17.8. The number of anilines is 1. The normalized spacial score (nSPS) is 17.4. The van der Waals surface area contributed by atoms with E-state index >= 15 is 0 Å². The van der Waals surface area contributed by atoms with Gasteiger partial charge in [-0.2, -0.15) is 0 Å². The predicted octanol–water partition coefficient (Wildman–Crippen LogP) is 2.98. The van der Waals surface area contributed by atoms with E-state index in [2.05, 4.69) is 15.6 Å². The van der Waals surface area contributed by atoms with Crippen LogP contribution in [0.5, 0.6) is 5.75 Å². The van der Waals surface area contributed by atoms with Crippen molar-refractivity contribution in [1.82, 2.24) is 10.3 Å². The van der Waals surface area contributed by atoms with Gasteiger partial charge in [0.25, 0.3) is 11.5 Å². The summed E-state index contributed by atoms with van der Waals surface area (Å²) in [7, 11) is 0. The van der Waals surface area contributed by atoms with Crippen molar-refractivity contribution >= 4 is 23.4 Å². The Hall–Kier alpha value is -4.26. The monoisotopic (exact) mass is 399 g/mol. The molecule has 1 aromatic heterocycles. The van der Waals surface area contributed by atoms with E-state index < -0.39 is 17.6 Å². The topological polar surface area (TPSA) is 114 Å². The van der Waals surface area contributed by atoms with Crippen molar-refractivity contribution in [3.05, 3.63) is 93.5 Å². The quantitative estimate of drug-likeness (QED) is 0.455. The van der Waals surface area contributed by atoms with E-state index in [1.807, 2.05) is 12.1 Å². The Morgan fingerprint density at radius 3 is 2.10 bits per heavy atom. The number of aliphatic hydroxyl groups excluding tert-OH is 1. The molecule has 2 aromatic carbocycles. The van der Waals surface area contributed by atoms with E-state index in [1.165, 1.54) is 0 Å². The van der Waals surface area contributed by atoms with Crippen LogP contribution in [0.25, 0.3) is 22.8 Å². The first-order valence-corrected chi connectivity index (χ1v) is 9.37. The molecule has 0 aliphatic carbocycles. The highest BCUT2D eigenvalue weighted by molar-refractivity contribution is 6.22. The van der Waals surface area contributed by atoms with Crippen molar-refractivity contribution in [2.45, 2.75) is 6.17 Å². The first-order valence-electron chi connectivity index (χ1n) is 9.37. The van der Waals surface area contributed by atoms with Gasteiger partial charge in [0.05, 0.1) is 16.7 Å². The molecule has 0 saturated heterocycles. The maximum absolute atomic E-state index is 12.6. The van der Waals surface area contributed by atoms with E-state index in [9.17, 15) is 19.8 Å². The van der Waals surface area contributed by atoms with Crippen LogP contribution < -0.4 is 16.2 Å². The Labute approximate surface area is 171 Å². The molecule has 148 valence electrons. The average molecular weight is 399 g/mol. The number of hydrogen-bond acceptors (Lipinski definition) is 5. The number of carbonyl (C=O) groups excluding carboxylic acids is 1. The highest BCUT2D eigenvalue weighted by atomic mass is 16.3. The molecular formula is C23H17N3O4. The number of pyridine rings is 1. The lowest BCUT2D eigenvalue weighted by Crippen LogP contribution is -2.48. The number of rotatable bonds is 2. The van der Waals surface area contributed by atoms with Crippen LogP contribution in [0.3, 0.4) is 0 Å². The molecule has 0 saturated carbocycles. The number of aromatic nitrogens is 1. The standard InChI is InChI=1S/C23H17N3O4/c27-18-14-11-15-19(28)17(13-9-5-2-6-10-13)23(30)26-21(15)24-20(14)25-22(29)16(18)12-7-3-1-4-8-12/h1-11,20,27H,(H,25,29)(H3,24,26,28,30). The molecule has 0 radical (unpaired) electrons. The van der Waals surface area contributed by atoms with Crippen molar-refractivity contribution < 1.29 is 15.0 Å². The third-order valence-corrected chi connectivity index (χ3v) is 5.26. The summed E-state index contributed by atoms with van der Waals surface area (Å²) in [5, 5.41) is 27.6. The Balaban J connectivity index is 1.70. The van der Waals surface area contributed by atoms with E-state index in [-0.39, 0.29) is 28.5 Å². The molecule has 0 bridgehead atoms. The molecular weight excluding hydrogens is 382 g/mol. The molecule has 0 fully saturated rings. The lowest BCUT2D eigenvalue weighted by molar-refractivity contribution is -0.116. The molecule has 1 amide bonds. The molecule has 3 heterocycles. The molecule has 7 nitrogen and oxygen atoms in total. The zero-order valence-electron chi connectivity index (χ0n) is 15.6. The van der Waals surface area contributed by atoms with Gasteiger partial charge >= 0.3 is 0 Å². The second-order valence-corrected chi connectivity index (χ2v) is 7.07. The summed E-state index contributed by atoms with van der Waals surface area (Å²) in [6, 6.07) is 17.7. The minimum absolute atomic E-state index is 0.137. The number of aromatic hydroxyl groups is 1. The van der Waals surface area contributed by atoms with Crippen LogP contribution in [0.15, 0.2) is 76.8 Å². The Morgan fingerprint density at radius 1 is 0.800 bits per heavy atom. The number of nitrogens with one attached hydrogen (secondary N) is 3. The fraction of sp³-hybridized carbons (Fsp3) is 0.0435. The third kappa shape index (κ3) is 2.68. The van der Waals surface area contributed by atoms with Gasteiger partial charge in [-0.05, 0) is 17.2 Å². The largest absolute Gasteiger partial charge is 0.507 e. The maximum atomic E-state index is 12.6. The van der Waals surface area contributed by atoms with Crippen LogP contribution >= 0.6 is 0 Å². The van der Waals surface area contributed by atoms with E-state index in [4.69, 9.17) is 0 Å². The number of amides is 1. The SMILES string of the molecule is O=C1NC2Nc3[nH]c(=O)c(-c4ccccc4)c(O)c3C=C2C(O)=C1c1ccccc1. The van der Waals surface area contributed by atoms with Gasteiger partial charge in [-0.15, -0.1) is 0 Å². The molecule has 0 spiro atoms. The van der Waals surface area contributed by atoms with Gasteiger partial charge in [0.15, 0.2) is 0 Å². The number of benzene rings is 2. The number of aromatic amines is 1. The molecule has 7 heteroatoms.